The number of rotatable bonds is 6. The van der Waals surface area contributed by atoms with Crippen LogP contribution in [-0.2, 0) is 19.4 Å². The van der Waals surface area contributed by atoms with Crippen molar-refractivity contribution in [2.24, 2.45) is 0 Å². The van der Waals surface area contributed by atoms with Crippen molar-refractivity contribution in [3.63, 3.8) is 0 Å². The Hall–Kier alpha value is -2.55. The molecule has 0 aliphatic carbocycles. The van der Waals surface area contributed by atoms with Crippen LogP contribution in [0.4, 0.5) is 10.5 Å². The van der Waals surface area contributed by atoms with Crippen LogP contribution >= 0.6 is 0 Å². The van der Waals surface area contributed by atoms with Crippen molar-refractivity contribution in [2.45, 2.75) is 39.3 Å². The fourth-order valence-electron chi connectivity index (χ4n) is 4.27. The van der Waals surface area contributed by atoms with Crippen molar-refractivity contribution in [3.05, 3.63) is 41.1 Å². The smallest absolute Gasteiger partial charge is 0.337 e. The number of amides is 2. The van der Waals surface area contributed by atoms with Crippen molar-refractivity contribution in [1.29, 1.82) is 0 Å². The van der Waals surface area contributed by atoms with Gasteiger partial charge in [0.2, 0.25) is 0 Å². The molecule has 1 N–H and O–H groups in total. The van der Waals surface area contributed by atoms with E-state index in [1.54, 1.807) is 6.92 Å². The lowest BCUT2D eigenvalue weighted by Gasteiger charge is -2.38. The second-order valence-corrected chi connectivity index (χ2v) is 9.79. The monoisotopic (exact) mass is 435 g/mol. The molecule has 1 aromatic carbocycles. The first-order valence-electron chi connectivity index (χ1n) is 10.2. The Bertz CT molecular complexity index is 951. The third kappa shape index (κ3) is 4.16. The van der Waals surface area contributed by atoms with E-state index in [4.69, 9.17) is 4.74 Å². The molecule has 164 valence electrons. The van der Waals surface area contributed by atoms with Gasteiger partial charge in [-0.2, -0.15) is 0 Å². The highest BCUT2D eigenvalue weighted by molar-refractivity contribution is 7.91. The van der Waals surface area contributed by atoms with Crippen LogP contribution in [0.25, 0.3) is 0 Å². The molecule has 2 amide bonds. The minimum Gasteiger partial charge on any atom is -0.466 e. The third-order valence-corrected chi connectivity index (χ3v) is 7.61. The molecule has 0 spiro atoms. The lowest BCUT2D eigenvalue weighted by Crippen LogP contribution is -2.52. The summed E-state index contributed by atoms with van der Waals surface area (Å²) in [6.07, 6.45) is 0.352. The fraction of sp³-hybridized carbons (Fsp3) is 0.524. The number of ether oxygens (including phenoxy) is 1. The van der Waals surface area contributed by atoms with E-state index in [-0.39, 0.29) is 11.5 Å². The molecule has 0 bridgehead atoms. The van der Waals surface area contributed by atoms with E-state index in [2.05, 4.69) is 24.1 Å². The van der Waals surface area contributed by atoms with Gasteiger partial charge in [-0.25, -0.2) is 18.0 Å². The second-order valence-electron chi connectivity index (χ2n) is 7.56. The normalized spacial score (nSPS) is 23.3. The molecule has 3 rings (SSSR count). The molecular weight excluding hydrogens is 406 g/mol. The number of sulfone groups is 1. The molecule has 2 aliphatic rings. The minimum absolute atomic E-state index is 0.0402. The lowest BCUT2D eigenvalue weighted by atomic mass is 9.94. The summed E-state index contributed by atoms with van der Waals surface area (Å²) in [6, 6.07) is 6.17. The molecule has 1 saturated heterocycles. The molecule has 2 heterocycles. The zero-order valence-electron chi connectivity index (χ0n) is 17.8. The molecule has 2 aliphatic heterocycles. The molecule has 2 atom stereocenters. The van der Waals surface area contributed by atoms with Gasteiger partial charge in [0.05, 0.1) is 36.3 Å². The highest BCUT2D eigenvalue weighted by Crippen LogP contribution is 2.34. The summed E-state index contributed by atoms with van der Waals surface area (Å²) < 4.78 is 28.8. The number of hydrogen-bond acceptors (Lipinski definition) is 6. The molecule has 1 aromatic rings. The SMILES string of the molecule is CCN(CC)c1ccc([C@H]2NC(=O)N([C@@H]3CCS(=O)(=O)C3)C(C)=C2C(=O)OC)cc1. The van der Waals surface area contributed by atoms with E-state index >= 15 is 0 Å². The van der Waals surface area contributed by atoms with E-state index in [1.165, 1.54) is 12.0 Å². The summed E-state index contributed by atoms with van der Waals surface area (Å²) in [6.45, 7) is 7.59. The number of urea groups is 1. The minimum atomic E-state index is -3.18. The molecular formula is C21H29N3O5S. The largest absolute Gasteiger partial charge is 0.466 e. The van der Waals surface area contributed by atoms with Gasteiger partial charge in [0.25, 0.3) is 0 Å². The van der Waals surface area contributed by atoms with Gasteiger partial charge in [-0.3, -0.25) is 4.90 Å². The maximum Gasteiger partial charge on any atom is 0.337 e. The van der Waals surface area contributed by atoms with Crippen molar-refractivity contribution >= 4 is 27.5 Å². The number of benzene rings is 1. The predicted molar refractivity (Wildman–Crippen MR) is 115 cm³/mol. The molecule has 9 heteroatoms. The standard InChI is InChI=1S/C21H29N3O5S/c1-5-23(6-2)16-9-7-15(8-10-16)19-18(20(25)29-4)14(3)24(21(26)22-19)17-11-12-30(27,28)13-17/h7-10,17,19H,5-6,11-13H2,1-4H3,(H,22,26)/t17-,19-/m1/s1. The van der Waals surface area contributed by atoms with Crippen LogP contribution in [0.1, 0.15) is 38.8 Å². The third-order valence-electron chi connectivity index (χ3n) is 5.86. The maximum absolute atomic E-state index is 12.9. The van der Waals surface area contributed by atoms with Crippen LogP contribution in [0.3, 0.4) is 0 Å². The van der Waals surface area contributed by atoms with Crippen LogP contribution in [0.2, 0.25) is 0 Å². The van der Waals surface area contributed by atoms with Gasteiger partial charge >= 0.3 is 12.0 Å². The second kappa shape index (κ2) is 8.67. The Labute approximate surface area is 177 Å². The number of nitrogens with one attached hydrogen (secondary N) is 1. The average Bonchev–Trinajstić information content (AvgIpc) is 3.07. The van der Waals surface area contributed by atoms with E-state index in [0.717, 1.165) is 24.3 Å². The first kappa shape index (κ1) is 22.1. The van der Waals surface area contributed by atoms with Gasteiger partial charge in [0.1, 0.15) is 0 Å². The molecule has 0 aromatic heterocycles. The predicted octanol–water partition coefficient (Wildman–Crippen LogP) is 2.23. The van der Waals surface area contributed by atoms with Gasteiger partial charge in [0.15, 0.2) is 9.84 Å². The number of carbonyl (C=O) groups excluding carboxylic acids is 2. The Morgan fingerprint density at radius 3 is 2.37 bits per heavy atom. The number of allylic oxidation sites excluding steroid dienone is 1. The Kier molecular flexibility index (Phi) is 6.40. The van der Waals surface area contributed by atoms with Crippen LogP contribution < -0.4 is 10.2 Å². The summed E-state index contributed by atoms with van der Waals surface area (Å²) in [5, 5.41) is 2.88. The molecule has 1 fully saturated rings. The zero-order chi connectivity index (χ0) is 22.1. The van der Waals surface area contributed by atoms with Crippen molar-refractivity contribution in [1.82, 2.24) is 10.2 Å². The van der Waals surface area contributed by atoms with E-state index in [0.29, 0.717) is 17.7 Å². The molecule has 0 saturated carbocycles. The highest BCUT2D eigenvalue weighted by Gasteiger charge is 2.42. The Balaban J connectivity index is 1.99. The number of hydrogen-bond donors (Lipinski definition) is 1. The molecule has 30 heavy (non-hydrogen) atoms. The quantitative estimate of drug-likeness (QED) is 0.689. The first-order chi connectivity index (χ1) is 14.2. The maximum atomic E-state index is 12.9. The average molecular weight is 436 g/mol. The summed E-state index contributed by atoms with van der Waals surface area (Å²) in [7, 11) is -1.89. The lowest BCUT2D eigenvalue weighted by molar-refractivity contribution is -0.136. The molecule has 0 unspecified atom stereocenters. The van der Waals surface area contributed by atoms with E-state index < -0.39 is 33.9 Å². The number of esters is 1. The van der Waals surface area contributed by atoms with Gasteiger partial charge < -0.3 is 15.0 Å². The summed E-state index contributed by atoms with van der Waals surface area (Å²) in [5.41, 5.74) is 2.57. The number of nitrogens with zero attached hydrogens (tertiary/aromatic N) is 2. The van der Waals surface area contributed by atoms with Gasteiger partial charge in [-0.15, -0.1) is 0 Å². The Morgan fingerprint density at radius 2 is 1.87 bits per heavy atom. The topological polar surface area (TPSA) is 96.0 Å². The van der Waals surface area contributed by atoms with E-state index in [9.17, 15) is 18.0 Å². The fourth-order valence-corrected chi connectivity index (χ4v) is 5.97. The number of carbonyl (C=O) groups is 2. The summed E-state index contributed by atoms with van der Waals surface area (Å²) in [4.78, 5) is 29.2. The summed E-state index contributed by atoms with van der Waals surface area (Å²) >= 11 is 0. The van der Waals surface area contributed by atoms with Crippen LogP contribution in [0, 0.1) is 0 Å². The summed E-state index contributed by atoms with van der Waals surface area (Å²) in [5.74, 6) is -0.607. The van der Waals surface area contributed by atoms with Crippen molar-refractivity contribution in [3.8, 4) is 0 Å². The van der Waals surface area contributed by atoms with Crippen LogP contribution in [0.15, 0.2) is 35.5 Å². The van der Waals surface area contributed by atoms with Gasteiger partial charge in [-0.1, -0.05) is 12.1 Å². The first-order valence-corrected chi connectivity index (χ1v) is 12.0. The van der Waals surface area contributed by atoms with Crippen molar-refractivity contribution in [2.75, 3.05) is 36.6 Å². The van der Waals surface area contributed by atoms with E-state index in [1.807, 2.05) is 24.3 Å². The number of anilines is 1. The highest BCUT2D eigenvalue weighted by atomic mass is 32.2. The zero-order valence-corrected chi connectivity index (χ0v) is 18.7. The van der Waals surface area contributed by atoms with Crippen LogP contribution in [0.5, 0.6) is 0 Å². The van der Waals surface area contributed by atoms with Gasteiger partial charge in [-0.05, 0) is 44.9 Å². The Morgan fingerprint density at radius 1 is 1.23 bits per heavy atom. The molecule has 0 radical (unpaired) electrons. The van der Waals surface area contributed by atoms with Crippen LogP contribution in [-0.4, -0.2) is 63.1 Å². The van der Waals surface area contributed by atoms with Gasteiger partial charge in [0, 0.05) is 24.5 Å². The molecule has 8 nitrogen and oxygen atoms in total. The van der Waals surface area contributed by atoms with Crippen molar-refractivity contribution < 1.29 is 22.7 Å². The number of methoxy groups -OCH3 is 1.